The molecule has 0 bridgehead atoms. The van der Waals surface area contributed by atoms with E-state index in [1.807, 2.05) is 54.6 Å². The summed E-state index contributed by atoms with van der Waals surface area (Å²) in [5, 5.41) is 14.6. The number of aromatic nitrogens is 4. The molecule has 0 radical (unpaired) electrons. The van der Waals surface area contributed by atoms with Crippen molar-refractivity contribution < 1.29 is 4.21 Å². The zero-order valence-corrected chi connectivity index (χ0v) is 13.5. The summed E-state index contributed by atoms with van der Waals surface area (Å²) in [6, 6.07) is 17.4. The topological polar surface area (TPSA) is 72.7 Å². The second-order valence-electron chi connectivity index (χ2n) is 5.08. The molecule has 1 N–H and O–H groups in total. The molecule has 23 heavy (non-hydrogen) atoms. The molecule has 1 aromatic heterocycles. The highest BCUT2D eigenvalue weighted by Crippen LogP contribution is 2.16. The molecule has 0 spiro atoms. The van der Waals surface area contributed by atoms with Crippen molar-refractivity contribution in [3.63, 3.8) is 0 Å². The van der Waals surface area contributed by atoms with Crippen LogP contribution in [-0.2, 0) is 30.1 Å². The van der Waals surface area contributed by atoms with Crippen molar-refractivity contribution in [2.24, 2.45) is 7.05 Å². The predicted molar refractivity (Wildman–Crippen MR) is 89.1 cm³/mol. The van der Waals surface area contributed by atoms with E-state index >= 15 is 0 Å². The van der Waals surface area contributed by atoms with Crippen molar-refractivity contribution in [3.8, 4) is 0 Å². The molecule has 6 nitrogen and oxygen atoms in total. The Morgan fingerprint density at radius 1 is 1.13 bits per heavy atom. The van der Waals surface area contributed by atoms with Crippen molar-refractivity contribution in [3.05, 3.63) is 66.0 Å². The minimum atomic E-state index is -1.04. The van der Waals surface area contributed by atoms with Gasteiger partial charge in [-0.1, -0.05) is 30.3 Å². The predicted octanol–water partition coefficient (Wildman–Crippen LogP) is 2.13. The molecule has 2 aromatic carbocycles. The van der Waals surface area contributed by atoms with Crippen molar-refractivity contribution in [1.82, 2.24) is 20.2 Å². The van der Waals surface area contributed by atoms with Gasteiger partial charge in [0.05, 0.1) is 23.1 Å². The summed E-state index contributed by atoms with van der Waals surface area (Å²) < 4.78 is 14.0. The molecule has 3 rings (SSSR count). The largest absolute Gasteiger partial charge is 0.378 e. The van der Waals surface area contributed by atoms with Gasteiger partial charge in [-0.2, -0.15) is 0 Å². The van der Waals surface area contributed by atoms with Crippen LogP contribution in [0.15, 0.2) is 59.5 Å². The van der Waals surface area contributed by atoms with Gasteiger partial charge in [0.1, 0.15) is 0 Å². The monoisotopic (exact) mass is 327 g/mol. The minimum Gasteiger partial charge on any atom is -0.378 e. The average Bonchev–Trinajstić information content (AvgIpc) is 2.99. The molecule has 0 fully saturated rings. The zero-order valence-electron chi connectivity index (χ0n) is 12.7. The summed E-state index contributed by atoms with van der Waals surface area (Å²) in [5.41, 5.74) is 1.98. The molecule has 1 atom stereocenters. The van der Waals surface area contributed by atoms with Gasteiger partial charge >= 0.3 is 0 Å². The lowest BCUT2D eigenvalue weighted by Gasteiger charge is -2.08. The van der Waals surface area contributed by atoms with E-state index in [-0.39, 0.29) is 0 Å². The molecule has 0 aliphatic rings. The fraction of sp³-hybridized carbons (Fsp3) is 0.188. The average molecular weight is 327 g/mol. The maximum absolute atomic E-state index is 12.4. The first kappa shape index (κ1) is 15.4. The van der Waals surface area contributed by atoms with E-state index in [1.165, 1.54) is 0 Å². The van der Waals surface area contributed by atoms with E-state index in [9.17, 15) is 4.21 Å². The number of nitrogens with one attached hydrogen (secondary N) is 1. The minimum absolute atomic E-state index is 0.491. The molecular weight excluding hydrogens is 310 g/mol. The van der Waals surface area contributed by atoms with Crippen LogP contribution in [0.25, 0.3) is 0 Å². The van der Waals surface area contributed by atoms with Crippen LogP contribution in [0.4, 0.5) is 5.69 Å². The second kappa shape index (κ2) is 7.15. The third kappa shape index (κ3) is 4.01. The first-order chi connectivity index (χ1) is 11.2. The van der Waals surface area contributed by atoms with Crippen LogP contribution in [0, 0.1) is 0 Å². The van der Waals surface area contributed by atoms with E-state index < -0.39 is 10.8 Å². The van der Waals surface area contributed by atoms with E-state index in [0.717, 1.165) is 22.0 Å². The molecule has 7 heteroatoms. The molecule has 0 saturated heterocycles. The summed E-state index contributed by atoms with van der Waals surface area (Å²) in [6.07, 6.45) is 0. The van der Waals surface area contributed by atoms with Crippen molar-refractivity contribution in [1.29, 1.82) is 0 Å². The second-order valence-corrected chi connectivity index (χ2v) is 6.53. The molecule has 0 saturated carbocycles. The van der Waals surface area contributed by atoms with E-state index in [1.54, 1.807) is 11.7 Å². The smallest absolute Gasteiger partial charge is 0.170 e. The van der Waals surface area contributed by atoms with Crippen LogP contribution in [0.2, 0.25) is 0 Å². The first-order valence-corrected chi connectivity index (χ1v) is 8.52. The zero-order chi connectivity index (χ0) is 16.1. The quantitative estimate of drug-likeness (QED) is 0.751. The Kier molecular flexibility index (Phi) is 4.77. The Morgan fingerprint density at radius 3 is 2.70 bits per heavy atom. The van der Waals surface area contributed by atoms with Gasteiger partial charge in [-0.3, -0.25) is 4.21 Å². The molecule has 118 valence electrons. The molecule has 0 unspecified atom stereocenters. The number of rotatable bonds is 6. The SMILES string of the molecule is Cn1nnnc1CNc1cccc(C[S@](=O)c2ccccc2)c1. The number of nitrogens with zero attached hydrogens (tertiary/aromatic N) is 4. The van der Waals surface area contributed by atoms with Gasteiger partial charge in [-0.25, -0.2) is 4.68 Å². The lowest BCUT2D eigenvalue weighted by molar-refractivity contribution is 0.682. The summed E-state index contributed by atoms with van der Waals surface area (Å²) >= 11 is 0. The third-order valence-corrected chi connectivity index (χ3v) is 4.78. The summed E-state index contributed by atoms with van der Waals surface area (Å²) in [5.74, 6) is 1.24. The Labute approximate surface area is 137 Å². The van der Waals surface area contributed by atoms with E-state index in [2.05, 4.69) is 20.8 Å². The number of anilines is 1. The van der Waals surface area contributed by atoms with E-state index in [0.29, 0.717) is 12.3 Å². The summed E-state index contributed by atoms with van der Waals surface area (Å²) in [7, 11) is 0.758. The highest BCUT2D eigenvalue weighted by molar-refractivity contribution is 7.84. The van der Waals surface area contributed by atoms with Gasteiger partial charge in [0.2, 0.25) is 0 Å². The van der Waals surface area contributed by atoms with Gasteiger partial charge in [0, 0.05) is 17.6 Å². The fourth-order valence-electron chi connectivity index (χ4n) is 2.16. The molecular formula is C16H17N5OS. The molecule has 0 amide bonds. The molecule has 1 heterocycles. The number of aryl methyl sites for hydroxylation is 1. The molecule has 0 aliphatic heterocycles. The van der Waals surface area contributed by atoms with Crippen LogP contribution >= 0.6 is 0 Å². The molecule has 0 aliphatic carbocycles. The molecule has 3 aromatic rings. The third-order valence-electron chi connectivity index (χ3n) is 3.39. The standard InChI is InChI=1S/C16H17N5OS/c1-21-16(18-19-20-21)11-17-14-7-5-6-13(10-14)12-23(22)15-8-3-2-4-9-15/h2-10,17H,11-12H2,1H3/t23-/m0/s1. The number of hydrogen-bond acceptors (Lipinski definition) is 5. The Morgan fingerprint density at radius 2 is 1.96 bits per heavy atom. The van der Waals surface area contributed by atoms with E-state index in [4.69, 9.17) is 0 Å². The highest BCUT2D eigenvalue weighted by atomic mass is 32.2. The highest BCUT2D eigenvalue weighted by Gasteiger charge is 2.06. The summed E-state index contributed by atoms with van der Waals surface area (Å²) in [6.45, 7) is 0.536. The lowest BCUT2D eigenvalue weighted by atomic mass is 10.2. The lowest BCUT2D eigenvalue weighted by Crippen LogP contribution is -2.07. The summed E-state index contributed by atoms with van der Waals surface area (Å²) in [4.78, 5) is 0.844. The number of benzene rings is 2. The maximum Gasteiger partial charge on any atom is 0.170 e. The fourth-order valence-corrected chi connectivity index (χ4v) is 3.27. The van der Waals surface area contributed by atoms with Crippen LogP contribution in [-0.4, -0.2) is 24.4 Å². The van der Waals surface area contributed by atoms with Gasteiger partial charge in [-0.15, -0.1) is 5.10 Å². The Balaban J connectivity index is 1.65. The van der Waals surface area contributed by atoms with Gasteiger partial charge in [0.25, 0.3) is 0 Å². The Bertz CT molecular complexity index is 803. The van der Waals surface area contributed by atoms with Crippen molar-refractivity contribution in [2.45, 2.75) is 17.2 Å². The van der Waals surface area contributed by atoms with Crippen LogP contribution in [0.1, 0.15) is 11.4 Å². The first-order valence-electron chi connectivity index (χ1n) is 7.20. The van der Waals surface area contributed by atoms with Crippen molar-refractivity contribution in [2.75, 3.05) is 5.32 Å². The maximum atomic E-state index is 12.4. The van der Waals surface area contributed by atoms with Crippen LogP contribution in [0.3, 0.4) is 0 Å². The van der Waals surface area contributed by atoms with Crippen LogP contribution in [0.5, 0.6) is 0 Å². The number of tetrazole rings is 1. The normalized spacial score (nSPS) is 12.0. The Hall–Kier alpha value is -2.54. The van der Waals surface area contributed by atoms with Crippen molar-refractivity contribution >= 4 is 16.5 Å². The van der Waals surface area contributed by atoms with Gasteiger partial charge in [0.15, 0.2) is 5.82 Å². The van der Waals surface area contributed by atoms with Gasteiger partial charge in [-0.05, 0) is 40.3 Å². The number of hydrogen-bond donors (Lipinski definition) is 1. The van der Waals surface area contributed by atoms with Crippen LogP contribution < -0.4 is 5.32 Å². The van der Waals surface area contributed by atoms with Gasteiger partial charge < -0.3 is 5.32 Å².